The van der Waals surface area contributed by atoms with Gasteiger partial charge in [0.2, 0.25) is 0 Å². The van der Waals surface area contributed by atoms with Crippen LogP contribution in [0, 0.1) is 0 Å². The molecule has 0 bridgehead atoms. The average molecular weight is 358 g/mol. The Bertz CT molecular complexity index is 692. The summed E-state index contributed by atoms with van der Waals surface area (Å²) in [5, 5.41) is 19.8. The number of aliphatic hydroxyl groups is 2. The summed E-state index contributed by atoms with van der Waals surface area (Å²) in [4.78, 5) is 0. The SMILES string of the molecule is OC[C@H](O)[C@H]1OC(c2ccccc2)O[C@@H]2COC(c3ccccc3)O[C@@H]12. The molecule has 2 heterocycles. The first-order valence-corrected chi connectivity index (χ1v) is 8.73. The van der Waals surface area contributed by atoms with Crippen LogP contribution in [-0.2, 0) is 18.9 Å². The Morgan fingerprint density at radius 2 is 1.46 bits per heavy atom. The average Bonchev–Trinajstić information content (AvgIpc) is 2.73. The smallest absolute Gasteiger partial charge is 0.184 e. The number of aliphatic hydroxyl groups excluding tert-OH is 2. The minimum absolute atomic E-state index is 0.311. The van der Waals surface area contributed by atoms with E-state index < -0.39 is 43.6 Å². The molecule has 6 nitrogen and oxygen atoms in total. The van der Waals surface area contributed by atoms with Crippen molar-refractivity contribution >= 4 is 0 Å². The maximum atomic E-state index is 10.3. The van der Waals surface area contributed by atoms with E-state index >= 15 is 0 Å². The largest absolute Gasteiger partial charge is 0.394 e. The van der Waals surface area contributed by atoms with E-state index in [2.05, 4.69) is 0 Å². The molecular weight excluding hydrogens is 336 g/mol. The van der Waals surface area contributed by atoms with Crippen LogP contribution in [0.1, 0.15) is 23.7 Å². The van der Waals surface area contributed by atoms with Crippen molar-refractivity contribution in [2.45, 2.75) is 37.0 Å². The molecule has 2 aromatic carbocycles. The molecule has 0 aromatic heterocycles. The molecule has 4 rings (SSSR count). The van der Waals surface area contributed by atoms with Gasteiger partial charge in [0.25, 0.3) is 0 Å². The Morgan fingerprint density at radius 1 is 0.846 bits per heavy atom. The standard InChI is InChI=1S/C20H22O6/c21-11-15(22)17-18-16(24-20(25-17)14-9-5-2-6-10-14)12-23-19(26-18)13-7-3-1-4-8-13/h1-10,15-22H,11-12H2/t15-,16+,17+,18+,19?,20?/m0/s1. The lowest BCUT2D eigenvalue weighted by atomic mass is 9.99. The summed E-state index contributed by atoms with van der Waals surface area (Å²) >= 11 is 0. The van der Waals surface area contributed by atoms with Gasteiger partial charge in [0.1, 0.15) is 24.4 Å². The molecule has 26 heavy (non-hydrogen) atoms. The van der Waals surface area contributed by atoms with Gasteiger partial charge in [-0.15, -0.1) is 0 Å². The Hall–Kier alpha value is -1.80. The highest BCUT2D eigenvalue weighted by atomic mass is 16.8. The van der Waals surface area contributed by atoms with E-state index in [9.17, 15) is 10.2 Å². The molecule has 0 amide bonds. The fourth-order valence-corrected chi connectivity index (χ4v) is 3.33. The van der Waals surface area contributed by atoms with Crippen LogP contribution in [0.15, 0.2) is 60.7 Å². The maximum Gasteiger partial charge on any atom is 0.184 e. The third kappa shape index (κ3) is 3.53. The monoisotopic (exact) mass is 358 g/mol. The van der Waals surface area contributed by atoms with Gasteiger partial charge >= 0.3 is 0 Å². The predicted molar refractivity (Wildman–Crippen MR) is 92.0 cm³/mol. The second-order valence-electron chi connectivity index (χ2n) is 6.44. The number of ether oxygens (including phenoxy) is 4. The first-order chi connectivity index (χ1) is 12.8. The quantitative estimate of drug-likeness (QED) is 0.870. The number of hydrogen-bond donors (Lipinski definition) is 2. The zero-order valence-corrected chi connectivity index (χ0v) is 14.2. The van der Waals surface area contributed by atoms with Crippen LogP contribution in [-0.4, -0.2) is 47.8 Å². The molecule has 6 atom stereocenters. The Balaban J connectivity index is 1.56. The topological polar surface area (TPSA) is 77.4 Å². The summed E-state index contributed by atoms with van der Waals surface area (Å²) in [6, 6.07) is 19.1. The highest BCUT2D eigenvalue weighted by molar-refractivity contribution is 5.18. The van der Waals surface area contributed by atoms with Crippen LogP contribution in [0.3, 0.4) is 0 Å². The second kappa shape index (κ2) is 7.84. The molecule has 2 unspecified atom stereocenters. The van der Waals surface area contributed by atoms with Crippen molar-refractivity contribution < 1.29 is 29.2 Å². The van der Waals surface area contributed by atoms with E-state index in [1.54, 1.807) is 0 Å². The third-order valence-corrected chi connectivity index (χ3v) is 4.67. The summed E-state index contributed by atoms with van der Waals surface area (Å²) in [5.74, 6) is 0. The Labute approximate surface area is 151 Å². The lowest BCUT2D eigenvalue weighted by Gasteiger charge is -2.47. The molecule has 2 N–H and O–H groups in total. The van der Waals surface area contributed by atoms with Gasteiger partial charge in [0, 0.05) is 11.1 Å². The normalized spacial score (nSPS) is 32.6. The minimum Gasteiger partial charge on any atom is -0.394 e. The summed E-state index contributed by atoms with van der Waals surface area (Å²) < 4.78 is 23.9. The summed E-state index contributed by atoms with van der Waals surface area (Å²) in [6.07, 6.45) is -3.96. The van der Waals surface area contributed by atoms with Crippen molar-refractivity contribution in [2.75, 3.05) is 13.2 Å². The summed E-state index contributed by atoms with van der Waals surface area (Å²) in [7, 11) is 0. The molecule has 6 heteroatoms. The van der Waals surface area contributed by atoms with Crippen molar-refractivity contribution in [3.63, 3.8) is 0 Å². The van der Waals surface area contributed by atoms with Gasteiger partial charge < -0.3 is 29.2 Å². The van der Waals surface area contributed by atoms with E-state index in [1.807, 2.05) is 60.7 Å². The molecule has 0 saturated carbocycles. The van der Waals surface area contributed by atoms with Crippen molar-refractivity contribution in [3.05, 3.63) is 71.8 Å². The van der Waals surface area contributed by atoms with Gasteiger partial charge in [-0.1, -0.05) is 60.7 Å². The number of fused-ring (bicyclic) bond motifs is 1. The molecule has 0 aliphatic carbocycles. The number of rotatable bonds is 4. The van der Waals surface area contributed by atoms with Gasteiger partial charge in [-0.05, 0) is 0 Å². The highest BCUT2D eigenvalue weighted by Gasteiger charge is 2.48. The molecule has 2 saturated heterocycles. The first kappa shape index (κ1) is 17.6. The van der Waals surface area contributed by atoms with E-state index in [0.717, 1.165) is 11.1 Å². The van der Waals surface area contributed by atoms with E-state index in [4.69, 9.17) is 18.9 Å². The molecule has 0 radical (unpaired) electrons. The van der Waals surface area contributed by atoms with E-state index in [1.165, 1.54) is 0 Å². The molecule has 2 fully saturated rings. The van der Waals surface area contributed by atoms with Crippen molar-refractivity contribution in [1.82, 2.24) is 0 Å². The van der Waals surface area contributed by atoms with Gasteiger partial charge in [-0.2, -0.15) is 0 Å². The maximum absolute atomic E-state index is 10.3. The zero-order chi connectivity index (χ0) is 17.9. The summed E-state index contributed by atoms with van der Waals surface area (Å²) in [6.45, 7) is -0.110. The van der Waals surface area contributed by atoms with Crippen LogP contribution in [0.25, 0.3) is 0 Å². The number of hydrogen-bond acceptors (Lipinski definition) is 6. The molecule has 138 valence electrons. The second-order valence-corrected chi connectivity index (χ2v) is 6.44. The molecular formula is C20H22O6. The number of benzene rings is 2. The zero-order valence-electron chi connectivity index (χ0n) is 14.2. The minimum atomic E-state index is -1.08. The fourth-order valence-electron chi connectivity index (χ4n) is 3.33. The summed E-state index contributed by atoms with van der Waals surface area (Å²) in [5.41, 5.74) is 1.72. The molecule has 2 aliphatic heterocycles. The molecule has 0 spiro atoms. The van der Waals surface area contributed by atoms with Gasteiger partial charge in [-0.25, -0.2) is 0 Å². The predicted octanol–water partition coefficient (Wildman–Crippen LogP) is 1.94. The van der Waals surface area contributed by atoms with Crippen molar-refractivity contribution in [3.8, 4) is 0 Å². The van der Waals surface area contributed by atoms with Crippen LogP contribution in [0.4, 0.5) is 0 Å². The van der Waals surface area contributed by atoms with Crippen LogP contribution >= 0.6 is 0 Å². The Kier molecular flexibility index (Phi) is 5.31. The Morgan fingerprint density at radius 3 is 2.08 bits per heavy atom. The first-order valence-electron chi connectivity index (χ1n) is 8.73. The third-order valence-electron chi connectivity index (χ3n) is 4.67. The molecule has 2 aromatic rings. The van der Waals surface area contributed by atoms with E-state index in [0.29, 0.717) is 6.61 Å². The van der Waals surface area contributed by atoms with Gasteiger partial charge in [-0.3, -0.25) is 0 Å². The fraction of sp³-hybridized carbons (Fsp3) is 0.400. The highest BCUT2D eigenvalue weighted by Crippen LogP contribution is 2.38. The van der Waals surface area contributed by atoms with Crippen molar-refractivity contribution in [1.29, 1.82) is 0 Å². The van der Waals surface area contributed by atoms with Crippen molar-refractivity contribution in [2.24, 2.45) is 0 Å². The van der Waals surface area contributed by atoms with Crippen LogP contribution in [0.5, 0.6) is 0 Å². The lowest BCUT2D eigenvalue weighted by Crippen LogP contribution is -2.58. The van der Waals surface area contributed by atoms with Crippen LogP contribution in [0.2, 0.25) is 0 Å². The molecule has 2 aliphatic rings. The van der Waals surface area contributed by atoms with Crippen LogP contribution < -0.4 is 0 Å². The van der Waals surface area contributed by atoms with E-state index in [-0.39, 0.29) is 0 Å². The van der Waals surface area contributed by atoms with Gasteiger partial charge in [0.05, 0.1) is 13.2 Å². The lowest BCUT2D eigenvalue weighted by molar-refractivity contribution is -0.373. The van der Waals surface area contributed by atoms with Gasteiger partial charge in [0.15, 0.2) is 12.6 Å².